The van der Waals surface area contributed by atoms with Gasteiger partial charge in [-0.05, 0) is 198 Å². The molecule has 0 atom stereocenters. The third-order valence-electron chi connectivity index (χ3n) is 23.9. The van der Waals surface area contributed by atoms with Gasteiger partial charge in [0.25, 0.3) is 6.71 Å². The number of fused-ring (bicyclic) bond motifs is 19. The fourth-order valence-electron chi connectivity index (χ4n) is 18.0. The van der Waals surface area contributed by atoms with Gasteiger partial charge in [0.05, 0.1) is 73.7 Å². The second-order valence-corrected chi connectivity index (χ2v) is 36.0. The summed E-state index contributed by atoms with van der Waals surface area (Å²) in [4.78, 5) is 4.59. The summed E-state index contributed by atoms with van der Waals surface area (Å²) in [5.74, 6) is 0. The number of aromatic nitrogens is 3. The van der Waals surface area contributed by atoms with Crippen LogP contribution >= 0.6 is 0 Å². The zero-order valence-electron chi connectivity index (χ0n) is 78.6. The van der Waals surface area contributed by atoms with Crippen LogP contribution in [0.2, 0.25) is 0 Å². The molecule has 0 aliphatic carbocycles. The Balaban J connectivity index is 0.880. The Kier molecular flexibility index (Phi) is 11.7. The van der Waals surface area contributed by atoms with Gasteiger partial charge in [0.1, 0.15) is 0 Å². The number of hydrogen-bond acceptors (Lipinski definition) is 4. The van der Waals surface area contributed by atoms with Gasteiger partial charge >= 0.3 is 0 Å². The number of hydrogen-bond donors (Lipinski definition) is 0. The van der Waals surface area contributed by atoms with Crippen LogP contribution in [0.5, 0.6) is 0 Å². The second-order valence-electron chi connectivity index (χ2n) is 36.0. The number of para-hydroxylation sites is 6. The molecule has 2 aliphatic rings. The largest absolute Gasteiger partial charge is 0.452 e. The zero-order chi connectivity index (χ0) is 88.0. The standard InChI is InChI=1S/C104H90BN5O2/c1-100(2,3)63-42-49-83-75(54-63)76-55-64(101(4,5)6)43-50-84(76)106(83)68-46-48-80-92(60-68)110(90-40-26-34-74-72-32-24-38-88(97(72)112-99(74)90)108-85-51-44-65(102(7,8)9)56-77(85)78-57-66(103(10,11)12)45-52-86(78)108)94-59-67(104(13,14)15)58-93-95(94)105(80)79-47-41-62(61-27-17-16-18-28-61)53-91(79)109(93)89-39-25-33-73-71-31-23-37-87(96(71)111-98(73)89)107-81-35-21-19-29-69(81)70-30-20-22-36-82(70)107/h16-60H,1-15H3/i16D,17D,18D,19D,20D,21D,22D,27D,28D,29D,30D,35D,36D. The summed E-state index contributed by atoms with van der Waals surface area (Å²) in [5, 5.41) is 7.49. The molecule has 5 aromatic heterocycles. The summed E-state index contributed by atoms with van der Waals surface area (Å²) in [6.07, 6.45) is 0. The van der Waals surface area contributed by atoms with Crippen LogP contribution in [0.15, 0.2) is 282 Å². The van der Waals surface area contributed by atoms with Gasteiger partial charge in [0.15, 0.2) is 22.3 Å². The van der Waals surface area contributed by atoms with E-state index < -0.39 is 78.6 Å². The van der Waals surface area contributed by atoms with Gasteiger partial charge in [0, 0.05) is 82.3 Å². The minimum Gasteiger partial charge on any atom is -0.452 e. The van der Waals surface area contributed by atoms with Crippen LogP contribution in [-0.4, -0.2) is 20.4 Å². The summed E-state index contributed by atoms with van der Waals surface area (Å²) in [5.41, 5.74) is 20.2. The molecular formula is C104H90BN5O2. The van der Waals surface area contributed by atoms with E-state index in [2.05, 4.69) is 262 Å². The van der Waals surface area contributed by atoms with E-state index in [1.807, 2.05) is 42.5 Å². The van der Waals surface area contributed by atoms with Gasteiger partial charge in [0.2, 0.25) is 0 Å². The Bertz CT molecular complexity index is 7840. The molecule has 19 aromatic rings. The summed E-state index contributed by atoms with van der Waals surface area (Å²) < 4.78 is 142. The quantitative estimate of drug-likeness (QED) is 0.156. The predicted octanol–water partition coefficient (Wildman–Crippen LogP) is 27.0. The average Bonchev–Trinajstić information content (AvgIpc) is 1.69. The minimum atomic E-state index is -0.582. The average molecular weight is 1470 g/mol. The van der Waals surface area contributed by atoms with Crippen molar-refractivity contribution in [1.82, 2.24) is 13.7 Å². The third kappa shape index (κ3) is 10.0. The molecule has 0 bridgehead atoms. The van der Waals surface area contributed by atoms with Crippen LogP contribution in [0.25, 0.3) is 137 Å². The molecule has 7 heterocycles. The molecule has 21 rings (SSSR count). The molecule has 0 radical (unpaired) electrons. The van der Waals surface area contributed by atoms with E-state index in [0.29, 0.717) is 44.5 Å². The van der Waals surface area contributed by atoms with Crippen LogP contribution in [0.4, 0.5) is 34.1 Å². The molecule has 2 aliphatic heterocycles. The van der Waals surface area contributed by atoms with E-state index in [9.17, 15) is 8.22 Å². The highest BCUT2D eigenvalue weighted by atomic mass is 16.3. The fourth-order valence-corrected chi connectivity index (χ4v) is 18.0. The Morgan fingerprint density at radius 3 is 1.04 bits per heavy atom. The number of rotatable bonds is 6. The maximum absolute atomic E-state index is 9.61. The first kappa shape index (κ1) is 55.2. The Hall–Kier alpha value is -12.3. The first-order valence-electron chi connectivity index (χ1n) is 45.3. The van der Waals surface area contributed by atoms with Gasteiger partial charge < -0.3 is 32.3 Å². The van der Waals surface area contributed by atoms with Gasteiger partial charge in [-0.15, -0.1) is 0 Å². The lowest BCUT2D eigenvalue weighted by atomic mass is 9.33. The van der Waals surface area contributed by atoms with Crippen molar-refractivity contribution in [2.75, 3.05) is 9.80 Å². The number of anilines is 6. The molecule has 0 fully saturated rings. The molecular weight excluding hydrogens is 1360 g/mol. The highest BCUT2D eigenvalue weighted by molar-refractivity contribution is 7.00. The van der Waals surface area contributed by atoms with Gasteiger partial charge in [-0.25, -0.2) is 0 Å². The van der Waals surface area contributed by atoms with E-state index in [1.165, 1.54) is 26.8 Å². The van der Waals surface area contributed by atoms with Gasteiger partial charge in [-0.2, -0.15) is 0 Å². The first-order valence-corrected chi connectivity index (χ1v) is 38.8. The van der Waals surface area contributed by atoms with Crippen molar-refractivity contribution in [3.05, 3.63) is 300 Å². The molecule has 0 N–H and O–H groups in total. The second kappa shape index (κ2) is 23.6. The van der Waals surface area contributed by atoms with E-state index in [1.54, 1.807) is 12.1 Å². The highest BCUT2D eigenvalue weighted by Gasteiger charge is 2.46. The number of nitrogens with zero attached hydrogens (tertiary/aromatic N) is 5. The Morgan fingerprint density at radius 2 is 0.616 bits per heavy atom. The normalized spacial score (nSPS) is 15.2. The van der Waals surface area contributed by atoms with Crippen LogP contribution < -0.4 is 26.2 Å². The molecule has 112 heavy (non-hydrogen) atoms. The predicted molar refractivity (Wildman–Crippen MR) is 477 cm³/mol. The van der Waals surface area contributed by atoms with Crippen LogP contribution in [0, 0.1) is 0 Å². The highest BCUT2D eigenvalue weighted by Crippen LogP contribution is 2.53. The summed E-state index contributed by atoms with van der Waals surface area (Å²) in [7, 11) is 0. The van der Waals surface area contributed by atoms with E-state index >= 15 is 0 Å². The Morgan fingerprint density at radius 1 is 0.259 bits per heavy atom. The van der Waals surface area contributed by atoms with Crippen LogP contribution in [-0.2, 0) is 27.1 Å². The third-order valence-corrected chi connectivity index (χ3v) is 23.9. The number of benzene rings is 14. The smallest absolute Gasteiger partial charge is 0.252 e. The molecule has 8 heteroatoms. The SMILES string of the molecule is [2H]c1c([2H])c([2H])c(-c2ccc3c(c2)N(c2cccc4c2oc2c(-n5c6c([2H])c([2H])c([2H])c([2H])c6c6c([2H])c([2H])c([2H])c([2H])c65)cccc24)c2cc(C(C)(C)C)cc4c2B3c2ccc(-n3c5ccc(C(C)(C)C)cc5c5cc(C(C)(C)C)ccc53)cc2N4c2cccc3c2oc2c(-n4c5ccc(C(C)(C)C)cc5c5cc(C(C)(C)C)ccc54)cccc23)c([2H])c1[2H]. The lowest BCUT2D eigenvalue weighted by Crippen LogP contribution is -2.61. The Labute approximate surface area is 672 Å². The van der Waals surface area contributed by atoms with Crippen molar-refractivity contribution < 1.29 is 26.7 Å². The summed E-state index contributed by atoms with van der Waals surface area (Å²) in [6.45, 7) is 33.2. The molecule has 0 saturated carbocycles. The van der Waals surface area contributed by atoms with Crippen LogP contribution in [0.3, 0.4) is 0 Å². The lowest BCUT2D eigenvalue weighted by Gasteiger charge is -2.45. The zero-order valence-corrected chi connectivity index (χ0v) is 65.6. The van der Waals surface area contributed by atoms with Crippen molar-refractivity contribution in [2.24, 2.45) is 0 Å². The van der Waals surface area contributed by atoms with Crippen LogP contribution in [0.1, 0.15) is 149 Å². The maximum Gasteiger partial charge on any atom is 0.252 e. The van der Waals surface area contributed by atoms with E-state index in [0.717, 1.165) is 110 Å². The van der Waals surface area contributed by atoms with Crippen molar-refractivity contribution in [3.8, 4) is 28.2 Å². The molecule has 0 saturated heterocycles. The number of furan rings is 2. The maximum atomic E-state index is 9.61. The molecule has 546 valence electrons. The topological polar surface area (TPSA) is 47.6 Å². The summed E-state index contributed by atoms with van der Waals surface area (Å²) in [6, 6.07) is 62.9. The van der Waals surface area contributed by atoms with Crippen molar-refractivity contribution in [1.29, 1.82) is 0 Å². The van der Waals surface area contributed by atoms with Crippen molar-refractivity contribution in [2.45, 2.75) is 131 Å². The minimum absolute atomic E-state index is 0.0160. The van der Waals surface area contributed by atoms with Crippen molar-refractivity contribution >= 4 is 167 Å². The monoisotopic (exact) mass is 1460 g/mol. The lowest BCUT2D eigenvalue weighted by molar-refractivity contribution is 0.590. The van der Waals surface area contributed by atoms with Crippen molar-refractivity contribution in [3.63, 3.8) is 0 Å². The van der Waals surface area contributed by atoms with Gasteiger partial charge in [-0.3, -0.25) is 0 Å². The van der Waals surface area contributed by atoms with Gasteiger partial charge in [-0.1, -0.05) is 261 Å². The molecule has 0 amide bonds. The molecule has 0 spiro atoms. The first-order chi connectivity index (χ1) is 59.1. The van der Waals surface area contributed by atoms with E-state index in [4.69, 9.17) is 18.4 Å². The fraction of sp³-hybridized carbons (Fsp3) is 0.192. The molecule has 14 aromatic carbocycles. The molecule has 7 nitrogen and oxygen atoms in total. The van der Waals surface area contributed by atoms with E-state index in [-0.39, 0.29) is 72.4 Å². The summed E-state index contributed by atoms with van der Waals surface area (Å²) >= 11 is 0. The molecule has 0 unspecified atom stereocenters.